The summed E-state index contributed by atoms with van der Waals surface area (Å²) >= 11 is 14.8. The van der Waals surface area contributed by atoms with Gasteiger partial charge in [0.1, 0.15) is 0 Å². The average Bonchev–Trinajstić information content (AvgIpc) is 3.08. The van der Waals surface area contributed by atoms with E-state index in [0.29, 0.717) is 26.6 Å². The smallest absolute Gasteiger partial charge is 0.465 e. The van der Waals surface area contributed by atoms with Crippen LogP contribution in [0.15, 0.2) is 102 Å². The Balaban J connectivity index is 0.000000168. The molecule has 0 bridgehead atoms. The SMILES string of the molecule is COC(=O)c1ccc2nncc(-c3ccc(Cl)cc3)c2c1.COC(=O)c1ccc2nncc(Br)c2c1.OB(O)c1ccc(Cl)cc1. The Bertz CT molecular complexity index is 1980. The molecular formula is C32H24BBrCl2N4O6. The summed E-state index contributed by atoms with van der Waals surface area (Å²) < 4.78 is 10.2. The van der Waals surface area contributed by atoms with Crippen LogP contribution in [0.3, 0.4) is 0 Å². The van der Waals surface area contributed by atoms with E-state index in [-0.39, 0.29) is 11.9 Å². The maximum absolute atomic E-state index is 11.7. The fourth-order valence-electron chi connectivity index (χ4n) is 4.07. The van der Waals surface area contributed by atoms with Crippen molar-refractivity contribution < 1.29 is 29.1 Å². The molecular weight excluding hydrogens is 698 g/mol. The van der Waals surface area contributed by atoms with E-state index in [2.05, 4.69) is 41.1 Å². The maximum Gasteiger partial charge on any atom is 0.488 e. The van der Waals surface area contributed by atoms with Crippen molar-refractivity contribution in [1.29, 1.82) is 0 Å². The number of rotatable bonds is 4. The molecule has 0 spiro atoms. The summed E-state index contributed by atoms with van der Waals surface area (Å²) in [4.78, 5) is 23.0. The molecule has 0 aliphatic carbocycles. The second kappa shape index (κ2) is 16.2. The average molecular weight is 722 g/mol. The van der Waals surface area contributed by atoms with Crippen molar-refractivity contribution in [3.05, 3.63) is 123 Å². The summed E-state index contributed by atoms with van der Waals surface area (Å²) in [5.41, 5.74) is 4.73. The van der Waals surface area contributed by atoms with Gasteiger partial charge < -0.3 is 19.5 Å². The van der Waals surface area contributed by atoms with Gasteiger partial charge in [0.25, 0.3) is 0 Å². The van der Waals surface area contributed by atoms with Crippen molar-refractivity contribution in [2.24, 2.45) is 0 Å². The van der Waals surface area contributed by atoms with Gasteiger partial charge in [-0.3, -0.25) is 0 Å². The first kappa shape index (κ1) is 34.4. The highest BCUT2D eigenvalue weighted by Crippen LogP contribution is 2.28. The first-order chi connectivity index (χ1) is 22.1. The summed E-state index contributed by atoms with van der Waals surface area (Å²) in [6, 6.07) is 24.1. The van der Waals surface area contributed by atoms with Crippen molar-refractivity contribution >= 4 is 85.5 Å². The lowest BCUT2D eigenvalue weighted by Gasteiger charge is -2.07. The second-order valence-corrected chi connectivity index (χ2v) is 11.1. The van der Waals surface area contributed by atoms with Crippen LogP contribution in [-0.2, 0) is 9.47 Å². The normalized spacial score (nSPS) is 10.2. The van der Waals surface area contributed by atoms with E-state index in [9.17, 15) is 9.59 Å². The molecule has 0 unspecified atom stereocenters. The van der Waals surface area contributed by atoms with E-state index >= 15 is 0 Å². The monoisotopic (exact) mass is 720 g/mol. The van der Waals surface area contributed by atoms with E-state index < -0.39 is 7.12 Å². The number of hydrogen-bond acceptors (Lipinski definition) is 10. The van der Waals surface area contributed by atoms with Crippen LogP contribution in [-0.4, -0.2) is 63.7 Å². The largest absolute Gasteiger partial charge is 0.488 e. The van der Waals surface area contributed by atoms with Crippen molar-refractivity contribution in [3.8, 4) is 11.1 Å². The van der Waals surface area contributed by atoms with Crippen LogP contribution in [0, 0.1) is 0 Å². The molecule has 0 amide bonds. The summed E-state index contributed by atoms with van der Waals surface area (Å²) in [5, 5.41) is 36.0. The number of carbonyl (C=O) groups excluding carboxylic acids is 2. The Morgan fingerprint density at radius 2 is 1.17 bits per heavy atom. The van der Waals surface area contributed by atoms with Crippen molar-refractivity contribution in [2.75, 3.05) is 14.2 Å². The molecule has 6 rings (SSSR count). The quantitative estimate of drug-likeness (QED) is 0.166. The Hall–Kier alpha value is -4.46. The van der Waals surface area contributed by atoms with Crippen molar-refractivity contribution in [3.63, 3.8) is 0 Å². The van der Waals surface area contributed by atoms with Gasteiger partial charge in [-0.2, -0.15) is 20.4 Å². The zero-order valence-electron chi connectivity index (χ0n) is 24.3. The Labute approximate surface area is 282 Å². The van der Waals surface area contributed by atoms with Crippen LogP contribution >= 0.6 is 39.1 Å². The molecule has 46 heavy (non-hydrogen) atoms. The molecule has 232 valence electrons. The molecule has 4 aromatic carbocycles. The van der Waals surface area contributed by atoms with Gasteiger partial charge in [0, 0.05) is 30.9 Å². The van der Waals surface area contributed by atoms with Gasteiger partial charge in [0.05, 0.1) is 48.8 Å². The van der Waals surface area contributed by atoms with Gasteiger partial charge in [-0.25, -0.2) is 9.59 Å². The van der Waals surface area contributed by atoms with E-state index in [4.69, 9.17) is 38.0 Å². The summed E-state index contributed by atoms with van der Waals surface area (Å²) in [5.74, 6) is -0.739. The maximum atomic E-state index is 11.7. The van der Waals surface area contributed by atoms with E-state index in [1.165, 1.54) is 14.2 Å². The minimum atomic E-state index is -1.41. The molecule has 0 saturated heterocycles. The van der Waals surface area contributed by atoms with Gasteiger partial charge in [0.2, 0.25) is 0 Å². The molecule has 0 atom stereocenters. The molecule has 0 fully saturated rings. The standard InChI is InChI=1S/C16H11ClN2O2.C10H7BrN2O2.C6H6BClO2/c1-21-16(20)11-4-7-15-13(8-11)14(9-18-19-15)10-2-5-12(17)6-3-10;1-15-10(14)6-2-3-9-7(4-6)8(11)5-12-13-9;8-6-3-1-5(2-4-6)7(9)10/h2-9H,1H3;2-5H,1H3;1-4,9-10H. The number of aromatic nitrogens is 4. The zero-order chi connectivity index (χ0) is 33.2. The van der Waals surface area contributed by atoms with E-state index in [1.807, 2.05) is 24.3 Å². The number of benzene rings is 4. The van der Waals surface area contributed by atoms with E-state index in [0.717, 1.165) is 37.4 Å². The van der Waals surface area contributed by atoms with Gasteiger partial charge in [-0.05, 0) is 87.6 Å². The fraction of sp³-hybridized carbons (Fsp3) is 0.0625. The third-order valence-electron chi connectivity index (χ3n) is 6.40. The van der Waals surface area contributed by atoms with Crippen LogP contribution in [0.2, 0.25) is 10.0 Å². The number of carbonyl (C=O) groups is 2. The van der Waals surface area contributed by atoms with Crippen LogP contribution in [0.5, 0.6) is 0 Å². The fourth-order valence-corrected chi connectivity index (χ4v) is 4.73. The van der Waals surface area contributed by atoms with Crippen LogP contribution in [0.25, 0.3) is 32.9 Å². The number of methoxy groups -OCH3 is 2. The molecule has 0 aliphatic rings. The van der Waals surface area contributed by atoms with Gasteiger partial charge >= 0.3 is 19.1 Å². The molecule has 0 saturated carbocycles. The molecule has 6 aromatic rings. The highest BCUT2D eigenvalue weighted by atomic mass is 79.9. The van der Waals surface area contributed by atoms with Crippen LogP contribution in [0.1, 0.15) is 20.7 Å². The lowest BCUT2D eigenvalue weighted by molar-refractivity contribution is 0.0592. The molecule has 10 nitrogen and oxygen atoms in total. The second-order valence-electron chi connectivity index (χ2n) is 9.33. The van der Waals surface area contributed by atoms with Crippen LogP contribution in [0.4, 0.5) is 0 Å². The first-order valence-corrected chi connectivity index (χ1v) is 14.9. The van der Waals surface area contributed by atoms with Crippen LogP contribution < -0.4 is 5.46 Å². The predicted molar refractivity (Wildman–Crippen MR) is 181 cm³/mol. The lowest BCUT2D eigenvalue weighted by atomic mass is 9.81. The minimum absolute atomic E-state index is 0.361. The number of fused-ring (bicyclic) bond motifs is 2. The molecule has 14 heteroatoms. The number of ether oxygens (including phenoxy) is 2. The molecule has 2 N–H and O–H groups in total. The molecule has 0 aliphatic heterocycles. The number of halogens is 3. The Morgan fingerprint density at radius 1 is 0.696 bits per heavy atom. The molecule has 2 aromatic heterocycles. The predicted octanol–water partition coefficient (Wildman–Crippen LogP) is 5.94. The molecule has 0 radical (unpaired) electrons. The third kappa shape index (κ3) is 8.84. The van der Waals surface area contributed by atoms with Gasteiger partial charge in [0.15, 0.2) is 0 Å². The van der Waals surface area contributed by atoms with Crippen molar-refractivity contribution in [2.45, 2.75) is 0 Å². The highest BCUT2D eigenvalue weighted by Gasteiger charge is 2.12. The van der Waals surface area contributed by atoms with Gasteiger partial charge in [-0.15, -0.1) is 0 Å². The first-order valence-electron chi connectivity index (χ1n) is 13.3. The lowest BCUT2D eigenvalue weighted by Crippen LogP contribution is -2.29. The number of nitrogens with zero attached hydrogens (tertiary/aromatic N) is 4. The Kier molecular flexibility index (Phi) is 12.1. The summed E-state index contributed by atoms with van der Waals surface area (Å²) in [6.07, 6.45) is 3.26. The Morgan fingerprint density at radius 3 is 1.70 bits per heavy atom. The summed E-state index contributed by atoms with van der Waals surface area (Å²) in [7, 11) is 1.31. The van der Waals surface area contributed by atoms with Crippen molar-refractivity contribution in [1.82, 2.24) is 20.4 Å². The summed E-state index contributed by atoms with van der Waals surface area (Å²) in [6.45, 7) is 0. The number of hydrogen-bond donors (Lipinski definition) is 2. The van der Waals surface area contributed by atoms with Gasteiger partial charge in [-0.1, -0.05) is 47.5 Å². The topological polar surface area (TPSA) is 145 Å². The molecule has 2 heterocycles. The zero-order valence-corrected chi connectivity index (χ0v) is 27.4. The van der Waals surface area contributed by atoms with E-state index in [1.54, 1.807) is 73.1 Å². The third-order valence-corrected chi connectivity index (χ3v) is 7.53. The number of esters is 2. The highest BCUT2D eigenvalue weighted by molar-refractivity contribution is 9.10. The minimum Gasteiger partial charge on any atom is -0.465 e.